The first-order chi connectivity index (χ1) is 22.0. The van der Waals surface area contributed by atoms with Crippen LogP contribution >= 0.6 is 0 Å². The third-order valence-electron chi connectivity index (χ3n) is 12.6. The fraction of sp³-hybridized carbons (Fsp3) is 0.825. The van der Waals surface area contributed by atoms with Crippen LogP contribution in [0.15, 0.2) is 24.8 Å². The van der Waals surface area contributed by atoms with Gasteiger partial charge < -0.3 is 14.6 Å². The molecule has 0 aromatic rings. The molecular formula is C40H66O6. The van der Waals surface area contributed by atoms with E-state index in [1.807, 2.05) is 6.92 Å². The number of ether oxygens (including phenoxy) is 2. The van der Waals surface area contributed by atoms with Gasteiger partial charge >= 0.3 is 11.9 Å². The molecule has 0 unspecified atom stereocenters. The summed E-state index contributed by atoms with van der Waals surface area (Å²) in [5.41, 5.74) is -1.58. The second-order valence-electron chi connectivity index (χ2n) is 15.6. The van der Waals surface area contributed by atoms with Crippen LogP contribution in [0.1, 0.15) is 157 Å². The van der Waals surface area contributed by atoms with E-state index in [4.69, 9.17) is 9.47 Å². The lowest BCUT2D eigenvalue weighted by Crippen LogP contribution is -2.63. The molecule has 0 aliphatic heterocycles. The van der Waals surface area contributed by atoms with Gasteiger partial charge in [-0.1, -0.05) is 104 Å². The van der Waals surface area contributed by atoms with E-state index in [2.05, 4.69) is 46.4 Å². The highest BCUT2D eigenvalue weighted by molar-refractivity contribution is 5.86. The third-order valence-corrected chi connectivity index (χ3v) is 12.6. The molecule has 0 amide bonds. The highest BCUT2D eigenvalue weighted by Crippen LogP contribution is 2.68. The average Bonchev–Trinajstić information content (AvgIpc) is 3.40. The number of ketones is 1. The summed E-state index contributed by atoms with van der Waals surface area (Å²) >= 11 is 0. The summed E-state index contributed by atoms with van der Waals surface area (Å²) in [6.45, 7) is 14.2. The van der Waals surface area contributed by atoms with Gasteiger partial charge in [0.2, 0.25) is 0 Å². The molecule has 3 fully saturated rings. The summed E-state index contributed by atoms with van der Waals surface area (Å²) in [6, 6.07) is 0. The summed E-state index contributed by atoms with van der Waals surface area (Å²) < 4.78 is 11.5. The SMILES string of the molecule is C=C[C@]1(C)C[C@@H](OC(=O)COC(=O)CCCCCCC/C=C/CCCCCCCC)[C@]2(C)[C@H](C)CC[C@]3(CCC(=O)[C@H]32)[C@@H](C)[C@@H]1O. The maximum atomic E-state index is 13.5. The molecule has 3 aliphatic carbocycles. The van der Waals surface area contributed by atoms with Crippen LogP contribution in [0.2, 0.25) is 0 Å². The molecule has 6 nitrogen and oxygen atoms in total. The zero-order chi connectivity index (χ0) is 33.8. The molecule has 0 heterocycles. The molecule has 3 aliphatic rings. The van der Waals surface area contributed by atoms with Gasteiger partial charge in [-0.3, -0.25) is 9.59 Å². The van der Waals surface area contributed by atoms with E-state index in [1.54, 1.807) is 6.08 Å². The lowest BCUT2D eigenvalue weighted by Gasteiger charge is -2.61. The normalized spacial score (nSPS) is 34.1. The van der Waals surface area contributed by atoms with Crippen LogP contribution in [0.5, 0.6) is 0 Å². The Bertz CT molecular complexity index is 1030. The highest BCUT2D eigenvalue weighted by Gasteiger charge is 2.68. The van der Waals surface area contributed by atoms with Gasteiger partial charge in [-0.2, -0.15) is 0 Å². The second kappa shape index (κ2) is 18.0. The molecular weight excluding hydrogens is 576 g/mol. The van der Waals surface area contributed by atoms with Crippen molar-refractivity contribution in [3.8, 4) is 0 Å². The Kier molecular flexibility index (Phi) is 15.1. The molecule has 0 aromatic carbocycles. The number of unbranched alkanes of at least 4 members (excludes halogenated alkanes) is 11. The Morgan fingerprint density at radius 3 is 2.15 bits per heavy atom. The van der Waals surface area contributed by atoms with E-state index in [-0.39, 0.29) is 34.9 Å². The van der Waals surface area contributed by atoms with Crippen LogP contribution in [0.4, 0.5) is 0 Å². The molecule has 0 saturated heterocycles. The number of rotatable bonds is 19. The van der Waals surface area contributed by atoms with Gasteiger partial charge in [-0.05, 0) is 75.0 Å². The minimum atomic E-state index is -0.707. The van der Waals surface area contributed by atoms with Gasteiger partial charge in [0.15, 0.2) is 6.61 Å². The Morgan fingerprint density at radius 1 is 0.913 bits per heavy atom. The fourth-order valence-corrected chi connectivity index (χ4v) is 9.25. The molecule has 262 valence electrons. The summed E-state index contributed by atoms with van der Waals surface area (Å²) in [7, 11) is 0. The molecule has 3 rings (SSSR count). The summed E-state index contributed by atoms with van der Waals surface area (Å²) in [5, 5.41) is 11.7. The molecule has 0 aromatic heterocycles. The van der Waals surface area contributed by atoms with Crippen molar-refractivity contribution in [2.45, 2.75) is 169 Å². The van der Waals surface area contributed by atoms with E-state index in [0.29, 0.717) is 19.3 Å². The number of hydrogen-bond acceptors (Lipinski definition) is 6. The molecule has 0 spiro atoms. The maximum absolute atomic E-state index is 13.5. The maximum Gasteiger partial charge on any atom is 0.344 e. The van der Waals surface area contributed by atoms with E-state index in [0.717, 1.165) is 51.4 Å². The first kappa shape index (κ1) is 38.5. The minimum absolute atomic E-state index is 0.0760. The van der Waals surface area contributed by atoms with Crippen molar-refractivity contribution in [3.63, 3.8) is 0 Å². The molecule has 2 bridgehead atoms. The van der Waals surface area contributed by atoms with Crippen molar-refractivity contribution < 1.29 is 29.0 Å². The minimum Gasteiger partial charge on any atom is -0.459 e. The number of hydrogen-bond donors (Lipinski definition) is 1. The topological polar surface area (TPSA) is 89.9 Å². The number of carbonyl (C=O) groups is 3. The summed E-state index contributed by atoms with van der Waals surface area (Å²) in [6.07, 6.45) is 24.4. The number of aliphatic hydroxyl groups excluding tert-OH is 1. The number of Topliss-reactive ketones (excluding diaryl/α,β-unsaturated/α-hetero) is 1. The van der Waals surface area contributed by atoms with E-state index >= 15 is 0 Å². The number of carbonyl (C=O) groups excluding carboxylic acids is 3. The van der Waals surface area contributed by atoms with E-state index in [1.165, 1.54) is 51.4 Å². The van der Waals surface area contributed by atoms with Crippen LogP contribution < -0.4 is 0 Å². The number of allylic oxidation sites excluding steroid dienone is 2. The van der Waals surface area contributed by atoms with E-state index < -0.39 is 35.6 Å². The van der Waals surface area contributed by atoms with Crippen LogP contribution in [0, 0.1) is 34.0 Å². The molecule has 6 heteroatoms. The van der Waals surface area contributed by atoms with Crippen LogP contribution in [-0.2, 0) is 23.9 Å². The zero-order valence-electron chi connectivity index (χ0n) is 30.0. The van der Waals surface area contributed by atoms with Crippen molar-refractivity contribution in [2.75, 3.05) is 6.61 Å². The van der Waals surface area contributed by atoms with Crippen molar-refractivity contribution in [3.05, 3.63) is 24.8 Å². The van der Waals surface area contributed by atoms with Gasteiger partial charge in [-0.15, -0.1) is 6.58 Å². The number of esters is 2. The van der Waals surface area contributed by atoms with Gasteiger partial charge in [0, 0.05) is 29.6 Å². The first-order valence-corrected chi connectivity index (χ1v) is 18.8. The predicted octanol–water partition coefficient (Wildman–Crippen LogP) is 9.47. The molecule has 1 N–H and O–H groups in total. The van der Waals surface area contributed by atoms with Gasteiger partial charge in [0.05, 0.1) is 6.10 Å². The van der Waals surface area contributed by atoms with Crippen LogP contribution in [0.25, 0.3) is 0 Å². The standard InChI is InChI=1S/C40H66O6/c1-7-9-10-11-12-13-14-15-16-17-18-19-20-21-22-23-34(42)45-29-35(43)46-33-28-38(5,8-2)37(44)31(4)40-26-24-30(3)39(33,6)36(40)32(41)25-27-40/h8,15-16,30-31,33,36-37,44H,2,7,9-14,17-29H2,1,3-6H3/b16-15+/t30-,31+,33-,36+,37+,38-,39+,40+/m1/s1. The molecule has 46 heavy (non-hydrogen) atoms. The van der Waals surface area contributed by atoms with Crippen LogP contribution in [-0.4, -0.2) is 41.6 Å². The van der Waals surface area contributed by atoms with Crippen LogP contribution in [0.3, 0.4) is 0 Å². The Balaban J connectivity index is 1.42. The average molecular weight is 643 g/mol. The highest BCUT2D eigenvalue weighted by atomic mass is 16.6. The van der Waals surface area contributed by atoms with Gasteiger partial charge in [0.25, 0.3) is 0 Å². The largest absolute Gasteiger partial charge is 0.459 e. The smallest absolute Gasteiger partial charge is 0.344 e. The van der Waals surface area contributed by atoms with E-state index in [9.17, 15) is 19.5 Å². The van der Waals surface area contributed by atoms with Crippen molar-refractivity contribution in [2.24, 2.45) is 34.0 Å². The molecule has 3 saturated carbocycles. The lowest BCUT2D eigenvalue weighted by molar-refractivity contribution is -0.208. The Labute approximate surface area is 280 Å². The summed E-state index contributed by atoms with van der Waals surface area (Å²) in [5.74, 6) is -0.937. The van der Waals surface area contributed by atoms with Crippen molar-refractivity contribution in [1.82, 2.24) is 0 Å². The third kappa shape index (κ3) is 9.14. The first-order valence-electron chi connectivity index (χ1n) is 18.8. The Hall–Kier alpha value is -1.95. The lowest BCUT2D eigenvalue weighted by atomic mass is 9.44. The quantitative estimate of drug-likeness (QED) is 0.0858. The Morgan fingerprint density at radius 2 is 1.52 bits per heavy atom. The molecule has 0 radical (unpaired) electrons. The predicted molar refractivity (Wildman–Crippen MR) is 185 cm³/mol. The molecule has 8 atom stereocenters. The van der Waals surface area contributed by atoms with Gasteiger partial charge in [0.1, 0.15) is 11.9 Å². The van der Waals surface area contributed by atoms with Crippen molar-refractivity contribution >= 4 is 17.7 Å². The summed E-state index contributed by atoms with van der Waals surface area (Å²) in [4.78, 5) is 39.2. The monoisotopic (exact) mass is 642 g/mol. The zero-order valence-corrected chi connectivity index (χ0v) is 30.0. The van der Waals surface area contributed by atoms with Gasteiger partial charge in [-0.25, -0.2) is 4.79 Å². The fourth-order valence-electron chi connectivity index (χ4n) is 9.25. The number of aliphatic hydroxyl groups is 1. The van der Waals surface area contributed by atoms with Crippen molar-refractivity contribution in [1.29, 1.82) is 0 Å². The second-order valence-corrected chi connectivity index (χ2v) is 15.6.